The van der Waals surface area contributed by atoms with E-state index in [1.54, 1.807) is 18.2 Å². The quantitative estimate of drug-likeness (QED) is 0.201. The van der Waals surface area contributed by atoms with Crippen molar-refractivity contribution in [3.8, 4) is 11.3 Å². The summed E-state index contributed by atoms with van der Waals surface area (Å²) in [6.07, 6.45) is -1.26. The molecular formula is C36H35BrF4N4O2. The van der Waals surface area contributed by atoms with Crippen molar-refractivity contribution in [1.29, 1.82) is 0 Å². The van der Waals surface area contributed by atoms with Crippen LogP contribution >= 0.6 is 15.9 Å². The summed E-state index contributed by atoms with van der Waals surface area (Å²) in [7, 11) is 0. The van der Waals surface area contributed by atoms with Gasteiger partial charge in [-0.2, -0.15) is 13.2 Å². The van der Waals surface area contributed by atoms with Crippen molar-refractivity contribution in [2.24, 2.45) is 0 Å². The lowest BCUT2D eigenvalue weighted by atomic mass is 9.93. The standard InChI is InChI=1S/C36H35BrF4N4O2/c37-29-10-9-27-30(34(46)43-35(13-14-35)24-6-2-1-3-7-24)28(22-44-15-11-26(12-16-44)45-17-19-47-20-18-45)32(42-33(27)31(29)38)23-5-4-8-25(21-23)36(39,40)41/h1-10,21,26H,11-20,22H2,(H,43,46). The second kappa shape index (κ2) is 12.9. The maximum absolute atomic E-state index is 15.8. The summed E-state index contributed by atoms with van der Waals surface area (Å²) < 4.78 is 63.2. The molecule has 1 aromatic heterocycles. The van der Waals surface area contributed by atoms with Gasteiger partial charge in [-0.05, 0) is 78.5 Å². The Labute approximate surface area is 279 Å². The lowest BCUT2D eigenvalue weighted by Gasteiger charge is -2.40. The normalized spacial score (nSPS) is 19.2. The van der Waals surface area contributed by atoms with Crippen molar-refractivity contribution in [1.82, 2.24) is 20.1 Å². The number of halogens is 5. The van der Waals surface area contributed by atoms with Crippen LogP contribution in [-0.4, -0.2) is 66.1 Å². The summed E-state index contributed by atoms with van der Waals surface area (Å²) in [5.41, 5.74) is 0.586. The third-order valence-corrected chi connectivity index (χ3v) is 10.4. The number of aromatic nitrogens is 1. The number of ether oxygens (including phenoxy) is 1. The Kier molecular flexibility index (Phi) is 8.84. The number of alkyl halides is 3. The number of morpholine rings is 1. The molecule has 7 rings (SSSR count). The summed E-state index contributed by atoms with van der Waals surface area (Å²) in [6.45, 7) is 5.00. The molecule has 246 valence electrons. The molecule has 0 unspecified atom stereocenters. The highest BCUT2D eigenvalue weighted by molar-refractivity contribution is 9.10. The van der Waals surface area contributed by atoms with E-state index in [1.165, 1.54) is 6.07 Å². The van der Waals surface area contributed by atoms with E-state index in [0.29, 0.717) is 17.0 Å². The number of likely N-dealkylation sites (tertiary alicyclic amines) is 1. The molecule has 47 heavy (non-hydrogen) atoms. The third-order valence-electron chi connectivity index (χ3n) is 9.77. The molecule has 11 heteroatoms. The van der Waals surface area contributed by atoms with Crippen LogP contribution in [0.2, 0.25) is 0 Å². The molecule has 6 nitrogen and oxygen atoms in total. The van der Waals surface area contributed by atoms with Gasteiger partial charge in [-0.1, -0.05) is 48.5 Å². The fourth-order valence-electron chi connectivity index (χ4n) is 7.06. The van der Waals surface area contributed by atoms with Gasteiger partial charge >= 0.3 is 6.18 Å². The first-order valence-electron chi connectivity index (χ1n) is 16.0. The molecule has 1 amide bonds. The maximum atomic E-state index is 15.8. The SMILES string of the molecule is O=C(NC1(c2ccccc2)CC1)c1c(CN2CCC(N3CCOCC3)CC2)c(-c2cccc(C(F)(F)F)c2)nc2c(F)c(Br)ccc12. The molecule has 3 aliphatic rings. The van der Waals surface area contributed by atoms with Crippen LogP contribution in [0.25, 0.3) is 22.2 Å². The molecule has 3 fully saturated rings. The van der Waals surface area contributed by atoms with Gasteiger partial charge in [0.2, 0.25) is 0 Å². The fourth-order valence-corrected chi connectivity index (χ4v) is 7.38. The van der Waals surface area contributed by atoms with E-state index in [4.69, 9.17) is 9.72 Å². The number of nitrogens with zero attached hydrogens (tertiary/aromatic N) is 3. The summed E-state index contributed by atoms with van der Waals surface area (Å²) in [6, 6.07) is 18.2. The number of hydrogen-bond donors (Lipinski definition) is 1. The Morgan fingerprint density at radius 1 is 0.979 bits per heavy atom. The summed E-state index contributed by atoms with van der Waals surface area (Å²) >= 11 is 3.24. The smallest absolute Gasteiger partial charge is 0.379 e. The number of carbonyl (C=O) groups is 1. The zero-order chi connectivity index (χ0) is 32.8. The number of rotatable bonds is 7. The third kappa shape index (κ3) is 6.55. The molecule has 3 heterocycles. The molecule has 1 N–H and O–H groups in total. The Morgan fingerprint density at radius 3 is 2.38 bits per heavy atom. The first-order valence-corrected chi connectivity index (χ1v) is 16.8. The molecule has 0 bridgehead atoms. The van der Waals surface area contributed by atoms with Crippen LogP contribution in [0.1, 0.15) is 52.7 Å². The van der Waals surface area contributed by atoms with Crippen LogP contribution < -0.4 is 5.32 Å². The van der Waals surface area contributed by atoms with Crippen LogP contribution in [-0.2, 0) is 23.0 Å². The van der Waals surface area contributed by atoms with Crippen molar-refractivity contribution in [2.45, 2.75) is 50.0 Å². The Morgan fingerprint density at radius 2 is 1.70 bits per heavy atom. The van der Waals surface area contributed by atoms with E-state index in [-0.39, 0.29) is 33.4 Å². The van der Waals surface area contributed by atoms with Crippen molar-refractivity contribution < 1.29 is 27.1 Å². The van der Waals surface area contributed by atoms with Crippen molar-refractivity contribution in [3.63, 3.8) is 0 Å². The minimum atomic E-state index is -4.59. The number of hydrogen-bond acceptors (Lipinski definition) is 5. The molecule has 1 saturated carbocycles. The monoisotopic (exact) mass is 710 g/mol. The van der Waals surface area contributed by atoms with E-state index < -0.39 is 29.0 Å². The van der Waals surface area contributed by atoms with Crippen LogP contribution in [0.5, 0.6) is 0 Å². The number of piperidine rings is 1. The lowest BCUT2D eigenvalue weighted by molar-refractivity contribution is -0.137. The lowest BCUT2D eigenvalue weighted by Crippen LogP contribution is -2.48. The molecular weight excluding hydrogens is 676 g/mol. The van der Waals surface area contributed by atoms with E-state index in [9.17, 15) is 18.0 Å². The predicted molar refractivity (Wildman–Crippen MR) is 175 cm³/mol. The van der Waals surface area contributed by atoms with Crippen LogP contribution in [0, 0.1) is 5.82 Å². The Hall–Kier alpha value is -3.38. The van der Waals surface area contributed by atoms with Gasteiger partial charge < -0.3 is 10.1 Å². The number of fused-ring (bicyclic) bond motifs is 1. The predicted octanol–water partition coefficient (Wildman–Crippen LogP) is 7.54. The Bertz CT molecular complexity index is 1780. The number of benzene rings is 3. The number of nitrogens with one attached hydrogen (secondary N) is 1. The van der Waals surface area contributed by atoms with Crippen molar-refractivity contribution in [3.05, 3.63) is 99.3 Å². The zero-order valence-corrected chi connectivity index (χ0v) is 27.3. The topological polar surface area (TPSA) is 57.7 Å². The highest BCUT2D eigenvalue weighted by atomic mass is 79.9. The average molecular weight is 712 g/mol. The highest BCUT2D eigenvalue weighted by Crippen LogP contribution is 2.46. The Balaban J connectivity index is 1.34. The minimum absolute atomic E-state index is 0.0729. The number of carbonyl (C=O) groups excluding carboxylic acids is 1. The zero-order valence-electron chi connectivity index (χ0n) is 25.8. The van der Waals surface area contributed by atoms with E-state index in [0.717, 1.165) is 82.8 Å². The molecule has 2 saturated heterocycles. The van der Waals surface area contributed by atoms with Gasteiger partial charge in [-0.25, -0.2) is 9.37 Å². The van der Waals surface area contributed by atoms with Crippen molar-refractivity contribution >= 4 is 32.7 Å². The first kappa shape index (κ1) is 32.2. The van der Waals surface area contributed by atoms with Gasteiger partial charge in [0.15, 0.2) is 5.82 Å². The second-order valence-corrected chi connectivity index (χ2v) is 13.6. The van der Waals surface area contributed by atoms with Gasteiger partial charge in [-0.3, -0.25) is 14.6 Å². The molecule has 0 radical (unpaired) electrons. The summed E-state index contributed by atoms with van der Waals surface area (Å²) in [5.74, 6) is -1.07. The van der Waals surface area contributed by atoms with Crippen molar-refractivity contribution in [2.75, 3.05) is 39.4 Å². The van der Waals surface area contributed by atoms with Crippen LogP contribution in [0.3, 0.4) is 0 Å². The minimum Gasteiger partial charge on any atom is -0.379 e. The van der Waals surface area contributed by atoms with Gasteiger partial charge in [0.25, 0.3) is 5.91 Å². The van der Waals surface area contributed by atoms with Gasteiger partial charge in [0, 0.05) is 42.2 Å². The van der Waals surface area contributed by atoms with Gasteiger partial charge in [0.05, 0.1) is 40.0 Å². The highest BCUT2D eigenvalue weighted by Gasteiger charge is 2.46. The maximum Gasteiger partial charge on any atom is 0.416 e. The largest absolute Gasteiger partial charge is 0.416 e. The molecule has 1 aliphatic carbocycles. The number of amides is 1. The summed E-state index contributed by atoms with van der Waals surface area (Å²) in [5, 5.41) is 3.57. The molecule has 2 aliphatic heterocycles. The summed E-state index contributed by atoms with van der Waals surface area (Å²) in [4.78, 5) is 23.9. The molecule has 3 aromatic carbocycles. The number of pyridine rings is 1. The fraction of sp³-hybridized carbons (Fsp3) is 0.389. The second-order valence-electron chi connectivity index (χ2n) is 12.7. The molecule has 0 atom stereocenters. The van der Waals surface area contributed by atoms with E-state index in [1.807, 2.05) is 30.3 Å². The van der Waals surface area contributed by atoms with Crippen LogP contribution in [0.4, 0.5) is 17.6 Å². The first-order chi connectivity index (χ1) is 22.6. The van der Waals surface area contributed by atoms with Crippen LogP contribution in [0.15, 0.2) is 71.2 Å². The molecule has 0 spiro atoms. The van der Waals surface area contributed by atoms with E-state index >= 15 is 4.39 Å². The average Bonchev–Trinajstić information content (AvgIpc) is 3.87. The van der Waals surface area contributed by atoms with Gasteiger partial charge in [-0.15, -0.1) is 0 Å². The van der Waals surface area contributed by atoms with Gasteiger partial charge in [0.1, 0.15) is 5.52 Å². The molecule has 4 aromatic rings. The van der Waals surface area contributed by atoms with E-state index in [2.05, 4.69) is 31.0 Å².